The van der Waals surface area contributed by atoms with Crippen molar-refractivity contribution >= 4 is 30.7 Å². The third kappa shape index (κ3) is 4.03. The van der Waals surface area contributed by atoms with Gasteiger partial charge in [-0.3, -0.25) is 9.59 Å². The van der Waals surface area contributed by atoms with Crippen LogP contribution in [0.25, 0.3) is 0 Å². The van der Waals surface area contributed by atoms with Crippen molar-refractivity contribution in [3.8, 4) is 0 Å². The van der Waals surface area contributed by atoms with E-state index in [4.69, 9.17) is 0 Å². The van der Waals surface area contributed by atoms with Crippen molar-refractivity contribution < 1.29 is 9.18 Å². The highest BCUT2D eigenvalue weighted by Crippen LogP contribution is 2.43. The fraction of sp³-hybridized carbons (Fsp3) is 0.368. The zero-order valence-electron chi connectivity index (χ0n) is 14.8. The number of benzene rings is 1. The number of pyridine rings is 1. The highest BCUT2D eigenvalue weighted by atomic mass is 35.5. The number of likely N-dealkylation sites (tertiary alicyclic amines) is 1. The SMILES string of the molecule is Cc1cc(C(=O)N2C[C@@H]3CNC[C@@H]3[C@H]2c2cccc(F)c2)cc(=O)[nH]1.Cl.Cl. The average Bonchev–Trinajstić information content (AvgIpc) is 3.13. The maximum atomic E-state index is 13.8. The molecule has 2 aliphatic rings. The quantitative estimate of drug-likeness (QED) is 0.795. The van der Waals surface area contributed by atoms with E-state index in [1.54, 1.807) is 24.0 Å². The topological polar surface area (TPSA) is 65.2 Å². The van der Waals surface area contributed by atoms with Crippen molar-refractivity contribution in [2.24, 2.45) is 11.8 Å². The smallest absolute Gasteiger partial charge is 0.254 e. The lowest BCUT2D eigenvalue weighted by atomic mass is 9.89. The van der Waals surface area contributed by atoms with E-state index >= 15 is 0 Å². The molecule has 1 amide bonds. The average molecular weight is 414 g/mol. The van der Waals surface area contributed by atoms with E-state index in [-0.39, 0.29) is 54.1 Å². The van der Waals surface area contributed by atoms with Gasteiger partial charge < -0.3 is 15.2 Å². The minimum absolute atomic E-state index is 0. The van der Waals surface area contributed by atoms with Crippen LogP contribution in [0.2, 0.25) is 0 Å². The Morgan fingerprint density at radius 3 is 2.67 bits per heavy atom. The van der Waals surface area contributed by atoms with Gasteiger partial charge in [-0.25, -0.2) is 4.39 Å². The van der Waals surface area contributed by atoms with Crippen LogP contribution in [-0.2, 0) is 0 Å². The molecule has 2 saturated heterocycles. The van der Waals surface area contributed by atoms with Gasteiger partial charge in [-0.05, 0) is 36.6 Å². The number of fused-ring (bicyclic) bond motifs is 1. The number of rotatable bonds is 2. The molecular formula is C19H22Cl2FN3O2. The predicted molar refractivity (Wildman–Crippen MR) is 106 cm³/mol. The Morgan fingerprint density at radius 2 is 1.96 bits per heavy atom. The molecule has 5 nitrogen and oxygen atoms in total. The number of nitrogens with one attached hydrogen (secondary N) is 2. The molecule has 2 aliphatic heterocycles. The monoisotopic (exact) mass is 413 g/mol. The second-order valence-corrected chi connectivity index (χ2v) is 6.96. The number of nitrogens with zero attached hydrogens (tertiary/aromatic N) is 1. The molecule has 2 fully saturated rings. The predicted octanol–water partition coefficient (Wildman–Crippen LogP) is 2.70. The van der Waals surface area contributed by atoms with Gasteiger partial charge in [0.05, 0.1) is 6.04 Å². The number of hydrogen-bond acceptors (Lipinski definition) is 3. The van der Waals surface area contributed by atoms with Crippen molar-refractivity contribution in [2.45, 2.75) is 13.0 Å². The van der Waals surface area contributed by atoms with Crippen LogP contribution in [0.5, 0.6) is 0 Å². The number of carbonyl (C=O) groups is 1. The molecule has 2 N–H and O–H groups in total. The Morgan fingerprint density at radius 1 is 1.19 bits per heavy atom. The van der Waals surface area contributed by atoms with Gasteiger partial charge in [-0.2, -0.15) is 0 Å². The molecule has 0 saturated carbocycles. The molecular weight excluding hydrogens is 392 g/mol. The van der Waals surface area contributed by atoms with Crippen LogP contribution in [0.3, 0.4) is 0 Å². The van der Waals surface area contributed by atoms with Crippen LogP contribution in [0.4, 0.5) is 4.39 Å². The molecule has 146 valence electrons. The summed E-state index contributed by atoms with van der Waals surface area (Å²) in [5, 5.41) is 3.37. The van der Waals surface area contributed by atoms with Crippen LogP contribution < -0.4 is 10.9 Å². The van der Waals surface area contributed by atoms with Gasteiger partial charge in [-0.1, -0.05) is 12.1 Å². The third-order valence-corrected chi connectivity index (χ3v) is 5.24. The van der Waals surface area contributed by atoms with E-state index in [0.717, 1.165) is 18.7 Å². The van der Waals surface area contributed by atoms with Gasteiger partial charge in [0.15, 0.2) is 0 Å². The van der Waals surface area contributed by atoms with Crippen molar-refractivity contribution in [1.82, 2.24) is 15.2 Å². The summed E-state index contributed by atoms with van der Waals surface area (Å²) in [7, 11) is 0. The van der Waals surface area contributed by atoms with Gasteiger partial charge >= 0.3 is 0 Å². The third-order valence-electron chi connectivity index (χ3n) is 5.24. The normalized spacial score (nSPS) is 23.3. The molecule has 3 heterocycles. The molecule has 0 spiro atoms. The van der Waals surface area contributed by atoms with Crippen molar-refractivity contribution in [1.29, 1.82) is 0 Å². The van der Waals surface area contributed by atoms with Crippen LogP contribution in [0.15, 0.2) is 41.2 Å². The first kappa shape index (κ1) is 21.4. The second-order valence-electron chi connectivity index (χ2n) is 6.96. The Kier molecular flexibility index (Phi) is 6.68. The number of halogens is 3. The van der Waals surface area contributed by atoms with Crippen LogP contribution in [0, 0.1) is 24.6 Å². The molecule has 4 rings (SSSR count). The van der Waals surface area contributed by atoms with Gasteiger partial charge in [0.2, 0.25) is 5.56 Å². The maximum absolute atomic E-state index is 13.8. The number of carbonyl (C=O) groups excluding carboxylic acids is 1. The first-order valence-corrected chi connectivity index (χ1v) is 8.51. The summed E-state index contributed by atoms with van der Waals surface area (Å²) in [4.78, 5) is 29.3. The number of aryl methyl sites for hydroxylation is 1. The Bertz CT molecular complexity index is 889. The molecule has 0 aliphatic carbocycles. The van der Waals surface area contributed by atoms with Crippen LogP contribution >= 0.6 is 24.8 Å². The van der Waals surface area contributed by atoms with Crippen molar-refractivity contribution in [3.05, 3.63) is 69.4 Å². The standard InChI is InChI=1S/C19H20FN3O2.2ClH/c1-11-5-13(7-17(24)22-11)19(25)23-10-14-8-21-9-16(14)18(23)12-3-2-4-15(20)6-12;;/h2-7,14,16,18,21H,8-10H2,1H3,(H,22,24);2*1H/t14-,16-,18+;;/m0../s1. The Balaban J connectivity index is 0.00000131. The summed E-state index contributed by atoms with van der Waals surface area (Å²) in [6.45, 7) is 4.03. The first-order chi connectivity index (χ1) is 12.0. The number of amides is 1. The number of hydrogen-bond donors (Lipinski definition) is 2. The minimum atomic E-state index is -0.300. The highest BCUT2D eigenvalue weighted by molar-refractivity contribution is 5.94. The molecule has 3 atom stereocenters. The summed E-state index contributed by atoms with van der Waals surface area (Å²) in [5.74, 6) is 0.137. The molecule has 0 bridgehead atoms. The molecule has 27 heavy (non-hydrogen) atoms. The summed E-state index contributed by atoms with van der Waals surface area (Å²) in [6.07, 6.45) is 0. The van der Waals surface area contributed by atoms with Crippen molar-refractivity contribution in [3.63, 3.8) is 0 Å². The summed E-state index contributed by atoms with van der Waals surface area (Å²) in [5.41, 5.74) is 1.56. The number of aromatic amines is 1. The second kappa shape index (κ2) is 8.42. The lowest BCUT2D eigenvalue weighted by Gasteiger charge is -2.28. The summed E-state index contributed by atoms with van der Waals surface area (Å²) in [6, 6.07) is 9.33. The first-order valence-electron chi connectivity index (χ1n) is 8.51. The van der Waals surface area contributed by atoms with Gasteiger partial charge in [0.1, 0.15) is 5.82 Å². The Labute approximate surface area is 169 Å². The van der Waals surface area contributed by atoms with Gasteiger partial charge in [-0.15, -0.1) is 24.8 Å². The van der Waals surface area contributed by atoms with E-state index in [1.165, 1.54) is 18.2 Å². The highest BCUT2D eigenvalue weighted by Gasteiger charge is 2.46. The maximum Gasteiger partial charge on any atom is 0.254 e. The fourth-order valence-electron chi connectivity index (χ4n) is 4.22. The molecule has 0 radical (unpaired) electrons. The molecule has 1 aromatic carbocycles. The van der Waals surface area contributed by atoms with Crippen molar-refractivity contribution in [2.75, 3.05) is 19.6 Å². The molecule has 1 aromatic heterocycles. The molecule has 2 aromatic rings. The van der Waals surface area contributed by atoms with E-state index in [1.807, 2.05) is 6.07 Å². The van der Waals surface area contributed by atoms with Gasteiger partial charge in [0, 0.05) is 42.9 Å². The summed E-state index contributed by atoms with van der Waals surface area (Å²) >= 11 is 0. The Hall–Kier alpha value is -1.89. The lowest BCUT2D eigenvalue weighted by Crippen LogP contribution is -2.35. The zero-order chi connectivity index (χ0) is 17.6. The van der Waals surface area contributed by atoms with E-state index in [2.05, 4.69) is 10.3 Å². The minimum Gasteiger partial charge on any atom is -0.331 e. The fourth-order valence-corrected chi connectivity index (χ4v) is 4.22. The zero-order valence-corrected chi connectivity index (χ0v) is 16.4. The summed E-state index contributed by atoms with van der Waals surface area (Å²) < 4.78 is 13.8. The van der Waals surface area contributed by atoms with E-state index < -0.39 is 0 Å². The molecule has 0 unspecified atom stereocenters. The largest absolute Gasteiger partial charge is 0.331 e. The van der Waals surface area contributed by atoms with Gasteiger partial charge in [0.25, 0.3) is 5.91 Å². The van der Waals surface area contributed by atoms with E-state index in [9.17, 15) is 14.0 Å². The number of aromatic nitrogens is 1. The lowest BCUT2D eigenvalue weighted by molar-refractivity contribution is 0.0713. The number of H-pyrrole nitrogens is 1. The molecule has 8 heteroatoms. The van der Waals surface area contributed by atoms with Crippen LogP contribution in [0.1, 0.15) is 27.7 Å². The van der Waals surface area contributed by atoms with E-state index in [0.29, 0.717) is 23.7 Å². The van der Waals surface area contributed by atoms with Crippen LogP contribution in [-0.4, -0.2) is 35.4 Å².